The van der Waals surface area contributed by atoms with Crippen molar-refractivity contribution in [3.05, 3.63) is 90.0 Å². The Labute approximate surface area is 151 Å². The molecule has 4 aromatic rings. The number of rotatable bonds is 4. The van der Waals surface area contributed by atoms with Crippen LogP contribution in [0.1, 0.15) is 22.9 Å². The van der Waals surface area contributed by atoms with E-state index >= 15 is 0 Å². The van der Waals surface area contributed by atoms with Crippen LogP contribution in [0.5, 0.6) is 5.75 Å². The molecule has 5 nitrogen and oxygen atoms in total. The number of aromatic nitrogens is 3. The molecule has 0 saturated carbocycles. The summed E-state index contributed by atoms with van der Waals surface area (Å²) in [7, 11) is 0. The van der Waals surface area contributed by atoms with Gasteiger partial charge in [-0.25, -0.2) is 4.98 Å². The molecule has 1 atom stereocenters. The highest BCUT2D eigenvalue weighted by Gasteiger charge is 2.21. The van der Waals surface area contributed by atoms with Crippen LogP contribution in [0.2, 0.25) is 0 Å². The highest BCUT2D eigenvalue weighted by atomic mass is 16.3. The van der Waals surface area contributed by atoms with E-state index in [2.05, 4.69) is 20.3 Å². The van der Waals surface area contributed by atoms with Gasteiger partial charge in [0, 0.05) is 29.5 Å². The first-order valence-corrected chi connectivity index (χ1v) is 8.39. The monoisotopic (exact) mass is 342 g/mol. The van der Waals surface area contributed by atoms with E-state index in [1.54, 1.807) is 18.6 Å². The van der Waals surface area contributed by atoms with Gasteiger partial charge in [-0.2, -0.15) is 0 Å². The lowest BCUT2D eigenvalue weighted by molar-refractivity contribution is 0.471. The summed E-state index contributed by atoms with van der Waals surface area (Å²) in [5.74, 6) is 0.875. The summed E-state index contributed by atoms with van der Waals surface area (Å²) in [4.78, 5) is 13.2. The molecule has 0 fully saturated rings. The van der Waals surface area contributed by atoms with Gasteiger partial charge in [0.25, 0.3) is 0 Å². The fourth-order valence-corrected chi connectivity index (χ4v) is 3.00. The lowest BCUT2D eigenvalue weighted by atomic mass is 9.99. The van der Waals surface area contributed by atoms with Gasteiger partial charge in [0.15, 0.2) is 0 Å². The number of phenols is 1. The summed E-state index contributed by atoms with van der Waals surface area (Å²) in [6.07, 6.45) is 5.18. The number of nitrogens with one attached hydrogen (secondary N) is 1. The third-order valence-corrected chi connectivity index (χ3v) is 4.28. The largest absolute Gasteiger partial charge is 0.505 e. The molecule has 3 heterocycles. The Hall–Kier alpha value is -3.47. The van der Waals surface area contributed by atoms with Crippen LogP contribution in [0.25, 0.3) is 10.9 Å². The standard InChI is InChI=1S/C21H18N4O/c1-14-9-12-23-18(13-14)25-20(17-6-2-3-10-22-17)16-8-7-15-5-4-11-24-19(15)21(16)26/h2-13,20,26H,1H3,(H,23,25)/t20-/m0/s1. The van der Waals surface area contributed by atoms with E-state index in [-0.39, 0.29) is 11.8 Å². The van der Waals surface area contributed by atoms with Gasteiger partial charge >= 0.3 is 0 Å². The van der Waals surface area contributed by atoms with Crippen LogP contribution in [0, 0.1) is 6.92 Å². The first-order valence-electron chi connectivity index (χ1n) is 8.39. The first kappa shape index (κ1) is 16.0. The van der Waals surface area contributed by atoms with Crippen molar-refractivity contribution >= 4 is 16.7 Å². The van der Waals surface area contributed by atoms with Gasteiger partial charge in [-0.3, -0.25) is 9.97 Å². The predicted octanol–water partition coefficient (Wildman–Crippen LogP) is 4.24. The maximum atomic E-state index is 10.9. The number of hydrogen-bond donors (Lipinski definition) is 2. The molecular weight excluding hydrogens is 324 g/mol. The van der Waals surface area contributed by atoms with Crippen LogP contribution in [-0.4, -0.2) is 20.1 Å². The van der Waals surface area contributed by atoms with Crippen LogP contribution in [0.3, 0.4) is 0 Å². The maximum Gasteiger partial charge on any atom is 0.147 e. The molecule has 4 rings (SSSR count). The van der Waals surface area contributed by atoms with Crippen LogP contribution < -0.4 is 5.32 Å². The smallest absolute Gasteiger partial charge is 0.147 e. The molecule has 26 heavy (non-hydrogen) atoms. The van der Waals surface area contributed by atoms with Gasteiger partial charge in [0.2, 0.25) is 0 Å². The molecule has 2 N–H and O–H groups in total. The molecule has 0 bridgehead atoms. The highest BCUT2D eigenvalue weighted by molar-refractivity contribution is 5.85. The van der Waals surface area contributed by atoms with E-state index in [1.165, 1.54) is 0 Å². The number of anilines is 1. The molecule has 0 aliphatic rings. The maximum absolute atomic E-state index is 10.9. The number of hydrogen-bond acceptors (Lipinski definition) is 5. The fourth-order valence-electron chi connectivity index (χ4n) is 3.00. The Morgan fingerprint density at radius 1 is 0.885 bits per heavy atom. The zero-order valence-corrected chi connectivity index (χ0v) is 14.3. The average molecular weight is 342 g/mol. The fraction of sp³-hybridized carbons (Fsp3) is 0.0952. The first-order chi connectivity index (χ1) is 12.7. The average Bonchev–Trinajstić information content (AvgIpc) is 2.68. The molecule has 0 aliphatic carbocycles. The molecule has 0 radical (unpaired) electrons. The van der Waals surface area contributed by atoms with Crippen LogP contribution >= 0.6 is 0 Å². The second kappa shape index (κ2) is 6.80. The second-order valence-corrected chi connectivity index (χ2v) is 6.13. The summed E-state index contributed by atoms with van der Waals surface area (Å²) < 4.78 is 0. The SMILES string of the molecule is Cc1ccnc(N[C@H](c2ccccn2)c2ccc3cccnc3c2O)c1. The second-order valence-electron chi connectivity index (χ2n) is 6.13. The Morgan fingerprint density at radius 3 is 2.58 bits per heavy atom. The molecule has 0 aliphatic heterocycles. The highest BCUT2D eigenvalue weighted by Crippen LogP contribution is 2.35. The summed E-state index contributed by atoms with van der Waals surface area (Å²) in [5.41, 5.74) is 3.18. The Kier molecular flexibility index (Phi) is 4.19. The Morgan fingerprint density at radius 2 is 1.77 bits per heavy atom. The van der Waals surface area contributed by atoms with Gasteiger partial charge in [-0.1, -0.05) is 24.3 Å². The van der Waals surface area contributed by atoms with Gasteiger partial charge in [0.1, 0.15) is 17.1 Å². The zero-order valence-electron chi connectivity index (χ0n) is 14.3. The van der Waals surface area contributed by atoms with Crippen molar-refractivity contribution < 1.29 is 5.11 Å². The van der Waals surface area contributed by atoms with Crippen molar-refractivity contribution in [3.8, 4) is 5.75 Å². The molecule has 0 amide bonds. The van der Waals surface area contributed by atoms with Gasteiger partial charge in [-0.15, -0.1) is 0 Å². The number of pyridine rings is 3. The zero-order chi connectivity index (χ0) is 17.9. The van der Waals surface area contributed by atoms with E-state index in [9.17, 15) is 5.11 Å². The topological polar surface area (TPSA) is 70.9 Å². The number of phenolic OH excluding ortho intramolecular Hbond substituents is 1. The minimum atomic E-state index is -0.350. The van der Waals surface area contributed by atoms with Gasteiger partial charge < -0.3 is 10.4 Å². The van der Waals surface area contributed by atoms with Crippen molar-refractivity contribution in [1.29, 1.82) is 0 Å². The number of aromatic hydroxyl groups is 1. The number of aryl methyl sites for hydroxylation is 1. The van der Waals surface area contributed by atoms with Crippen molar-refractivity contribution in [2.75, 3.05) is 5.32 Å². The van der Waals surface area contributed by atoms with Gasteiger partial charge in [-0.05, 0) is 42.8 Å². The van der Waals surface area contributed by atoms with Crippen LogP contribution in [0.4, 0.5) is 5.82 Å². The molecule has 1 aromatic carbocycles. The lowest BCUT2D eigenvalue weighted by Gasteiger charge is -2.21. The van der Waals surface area contributed by atoms with E-state index in [0.717, 1.165) is 22.5 Å². The normalized spacial score (nSPS) is 12.0. The summed E-state index contributed by atoms with van der Waals surface area (Å²) in [6, 6.07) is 16.9. The predicted molar refractivity (Wildman–Crippen MR) is 102 cm³/mol. The quantitative estimate of drug-likeness (QED) is 0.580. The number of fused-ring (bicyclic) bond motifs is 1. The molecular formula is C21H18N4O. The van der Waals surface area contributed by atoms with Crippen LogP contribution in [-0.2, 0) is 0 Å². The Balaban J connectivity index is 1.84. The minimum Gasteiger partial charge on any atom is -0.505 e. The molecule has 3 aromatic heterocycles. The van der Waals surface area contributed by atoms with E-state index in [4.69, 9.17) is 0 Å². The van der Waals surface area contributed by atoms with E-state index in [0.29, 0.717) is 11.1 Å². The molecule has 0 spiro atoms. The molecule has 5 heteroatoms. The van der Waals surface area contributed by atoms with Gasteiger partial charge in [0.05, 0.1) is 11.7 Å². The van der Waals surface area contributed by atoms with Crippen molar-refractivity contribution in [1.82, 2.24) is 15.0 Å². The Bertz CT molecular complexity index is 1050. The van der Waals surface area contributed by atoms with Crippen molar-refractivity contribution in [3.63, 3.8) is 0 Å². The molecule has 128 valence electrons. The van der Waals surface area contributed by atoms with Crippen molar-refractivity contribution in [2.24, 2.45) is 0 Å². The van der Waals surface area contributed by atoms with Crippen molar-refractivity contribution in [2.45, 2.75) is 13.0 Å². The molecule has 0 unspecified atom stereocenters. The number of benzene rings is 1. The minimum absolute atomic E-state index is 0.152. The third-order valence-electron chi connectivity index (χ3n) is 4.28. The summed E-state index contributed by atoms with van der Waals surface area (Å²) in [5, 5.41) is 15.2. The van der Waals surface area contributed by atoms with E-state index < -0.39 is 0 Å². The third kappa shape index (κ3) is 3.07. The lowest BCUT2D eigenvalue weighted by Crippen LogP contribution is -2.15. The van der Waals surface area contributed by atoms with E-state index in [1.807, 2.05) is 61.5 Å². The summed E-state index contributed by atoms with van der Waals surface area (Å²) in [6.45, 7) is 2.01. The number of nitrogens with zero attached hydrogens (tertiary/aromatic N) is 3. The van der Waals surface area contributed by atoms with Crippen LogP contribution in [0.15, 0.2) is 73.2 Å². The summed E-state index contributed by atoms with van der Waals surface area (Å²) >= 11 is 0. The molecule has 0 saturated heterocycles.